The van der Waals surface area contributed by atoms with Crippen LogP contribution < -0.4 is 5.32 Å². The number of nitrogens with zero attached hydrogens (tertiary/aromatic N) is 1. The van der Waals surface area contributed by atoms with Gasteiger partial charge in [-0.25, -0.2) is 4.98 Å². The zero-order chi connectivity index (χ0) is 11.4. The van der Waals surface area contributed by atoms with Crippen LogP contribution in [0.2, 0.25) is 0 Å². The highest BCUT2D eigenvalue weighted by Crippen LogP contribution is 2.16. The molecule has 0 aliphatic heterocycles. The van der Waals surface area contributed by atoms with E-state index in [2.05, 4.69) is 10.3 Å². The molecule has 0 saturated carbocycles. The molecule has 1 heterocycles. The first-order valence-corrected chi connectivity index (χ1v) is 5.72. The van der Waals surface area contributed by atoms with E-state index in [-0.39, 0.29) is 12.0 Å². The van der Waals surface area contributed by atoms with Crippen molar-refractivity contribution in [2.45, 2.75) is 33.3 Å². The van der Waals surface area contributed by atoms with Crippen molar-refractivity contribution in [2.24, 2.45) is 0 Å². The third-order valence-corrected chi connectivity index (χ3v) is 3.03. The van der Waals surface area contributed by atoms with Gasteiger partial charge in [0.2, 0.25) is 0 Å². The molecule has 4 nitrogen and oxygen atoms in total. The summed E-state index contributed by atoms with van der Waals surface area (Å²) in [4.78, 5) is 16.5. The zero-order valence-corrected chi connectivity index (χ0v) is 10.0. The van der Waals surface area contributed by atoms with E-state index in [0.29, 0.717) is 17.8 Å². The van der Waals surface area contributed by atoms with Crippen LogP contribution in [0, 0.1) is 13.8 Å². The molecule has 1 amide bonds. The Morgan fingerprint density at radius 3 is 2.73 bits per heavy atom. The topological polar surface area (TPSA) is 62.2 Å². The molecule has 5 heteroatoms. The van der Waals surface area contributed by atoms with Gasteiger partial charge in [0.1, 0.15) is 4.88 Å². The van der Waals surface area contributed by atoms with Gasteiger partial charge in [0, 0.05) is 6.54 Å². The van der Waals surface area contributed by atoms with Crippen LogP contribution in [0.4, 0.5) is 0 Å². The molecule has 1 aromatic rings. The minimum absolute atomic E-state index is 0.0984. The predicted octanol–water partition coefficient (Wildman–Crippen LogP) is 1.26. The monoisotopic (exact) mass is 228 g/mol. The van der Waals surface area contributed by atoms with E-state index in [4.69, 9.17) is 5.11 Å². The summed E-state index contributed by atoms with van der Waals surface area (Å²) in [5.74, 6) is -0.0984. The number of aryl methyl sites for hydroxylation is 2. The summed E-state index contributed by atoms with van der Waals surface area (Å²) in [7, 11) is 0. The van der Waals surface area contributed by atoms with Gasteiger partial charge in [0.25, 0.3) is 5.91 Å². The van der Waals surface area contributed by atoms with E-state index >= 15 is 0 Å². The third-order valence-electron chi connectivity index (χ3n) is 1.96. The second-order valence-corrected chi connectivity index (χ2v) is 4.74. The van der Waals surface area contributed by atoms with Crippen molar-refractivity contribution in [1.29, 1.82) is 0 Å². The van der Waals surface area contributed by atoms with Gasteiger partial charge >= 0.3 is 0 Å². The Morgan fingerprint density at radius 2 is 2.27 bits per heavy atom. The fraction of sp³-hybridized carbons (Fsp3) is 0.600. The van der Waals surface area contributed by atoms with Crippen LogP contribution in [0.25, 0.3) is 0 Å². The number of rotatable bonds is 4. The van der Waals surface area contributed by atoms with Crippen molar-refractivity contribution >= 4 is 17.2 Å². The molecule has 15 heavy (non-hydrogen) atoms. The summed E-state index contributed by atoms with van der Waals surface area (Å²) in [6, 6.07) is 0. The lowest BCUT2D eigenvalue weighted by Crippen LogP contribution is -2.26. The van der Waals surface area contributed by atoms with Crippen molar-refractivity contribution in [1.82, 2.24) is 10.3 Å². The van der Waals surface area contributed by atoms with Crippen molar-refractivity contribution in [2.75, 3.05) is 6.54 Å². The number of thiazole rings is 1. The third kappa shape index (κ3) is 3.60. The Morgan fingerprint density at radius 1 is 1.60 bits per heavy atom. The van der Waals surface area contributed by atoms with Gasteiger partial charge in [-0.15, -0.1) is 11.3 Å². The molecule has 0 aliphatic carbocycles. The standard InChI is InChI=1S/C10H16N2O2S/c1-6(13)4-5-11-10(14)9-7(2)12-8(3)15-9/h6,13H,4-5H2,1-3H3,(H,11,14). The van der Waals surface area contributed by atoms with Gasteiger partial charge < -0.3 is 10.4 Å². The highest BCUT2D eigenvalue weighted by molar-refractivity contribution is 7.13. The molecule has 84 valence electrons. The minimum Gasteiger partial charge on any atom is -0.393 e. The lowest BCUT2D eigenvalue weighted by molar-refractivity contribution is 0.0949. The molecule has 1 atom stereocenters. The molecule has 2 N–H and O–H groups in total. The van der Waals surface area contributed by atoms with E-state index < -0.39 is 0 Å². The van der Waals surface area contributed by atoms with Crippen molar-refractivity contribution in [3.8, 4) is 0 Å². The van der Waals surface area contributed by atoms with E-state index in [1.165, 1.54) is 11.3 Å². The average Bonchev–Trinajstić information content (AvgIpc) is 2.44. The van der Waals surface area contributed by atoms with E-state index in [1.54, 1.807) is 6.92 Å². The fourth-order valence-corrected chi connectivity index (χ4v) is 2.05. The quantitative estimate of drug-likeness (QED) is 0.815. The van der Waals surface area contributed by atoms with E-state index in [9.17, 15) is 4.79 Å². The normalized spacial score (nSPS) is 12.5. The Labute approximate surface area is 93.4 Å². The van der Waals surface area contributed by atoms with Crippen LogP contribution in [-0.2, 0) is 0 Å². The van der Waals surface area contributed by atoms with Crippen LogP contribution in [0.3, 0.4) is 0 Å². The van der Waals surface area contributed by atoms with Crippen molar-refractivity contribution in [3.05, 3.63) is 15.6 Å². The SMILES string of the molecule is Cc1nc(C)c(C(=O)NCCC(C)O)s1. The molecule has 1 aromatic heterocycles. The number of hydrogen-bond acceptors (Lipinski definition) is 4. The van der Waals surface area contributed by atoms with Gasteiger partial charge in [-0.05, 0) is 27.2 Å². The number of aliphatic hydroxyl groups is 1. The van der Waals surface area contributed by atoms with E-state index in [1.807, 2.05) is 13.8 Å². The summed E-state index contributed by atoms with van der Waals surface area (Å²) < 4.78 is 0. The molecule has 1 rings (SSSR count). The number of carbonyl (C=O) groups is 1. The Balaban J connectivity index is 2.50. The first kappa shape index (κ1) is 12.1. The Kier molecular flexibility index (Phi) is 4.23. The number of hydrogen-bond donors (Lipinski definition) is 2. The van der Waals surface area contributed by atoms with Gasteiger partial charge in [0.05, 0.1) is 16.8 Å². The summed E-state index contributed by atoms with van der Waals surface area (Å²) in [6.07, 6.45) is 0.192. The van der Waals surface area contributed by atoms with Crippen LogP contribution in [0.15, 0.2) is 0 Å². The van der Waals surface area contributed by atoms with Crippen LogP contribution in [0.5, 0.6) is 0 Å². The van der Waals surface area contributed by atoms with Crippen LogP contribution >= 0.6 is 11.3 Å². The maximum atomic E-state index is 11.6. The molecule has 0 radical (unpaired) electrons. The first-order chi connectivity index (χ1) is 7.00. The maximum Gasteiger partial charge on any atom is 0.263 e. The van der Waals surface area contributed by atoms with Gasteiger partial charge in [-0.1, -0.05) is 0 Å². The molecule has 1 unspecified atom stereocenters. The maximum absolute atomic E-state index is 11.6. The Hall–Kier alpha value is -0.940. The van der Waals surface area contributed by atoms with E-state index in [0.717, 1.165) is 10.7 Å². The fourth-order valence-electron chi connectivity index (χ4n) is 1.22. The van der Waals surface area contributed by atoms with Gasteiger partial charge in [0.15, 0.2) is 0 Å². The molecule has 0 aromatic carbocycles. The van der Waals surface area contributed by atoms with Crippen LogP contribution in [-0.4, -0.2) is 28.6 Å². The summed E-state index contributed by atoms with van der Waals surface area (Å²) >= 11 is 1.40. The van der Waals surface area contributed by atoms with Crippen molar-refractivity contribution < 1.29 is 9.90 Å². The second kappa shape index (κ2) is 5.23. The molecule has 0 aliphatic rings. The van der Waals surface area contributed by atoms with Crippen molar-refractivity contribution in [3.63, 3.8) is 0 Å². The summed E-state index contributed by atoms with van der Waals surface area (Å²) in [6.45, 7) is 5.90. The summed E-state index contributed by atoms with van der Waals surface area (Å²) in [5.41, 5.74) is 0.770. The molecular weight excluding hydrogens is 212 g/mol. The molecule has 0 saturated heterocycles. The Bertz CT molecular complexity index is 347. The largest absolute Gasteiger partial charge is 0.393 e. The van der Waals surface area contributed by atoms with Crippen LogP contribution in [0.1, 0.15) is 33.7 Å². The highest BCUT2D eigenvalue weighted by Gasteiger charge is 2.12. The van der Waals surface area contributed by atoms with Gasteiger partial charge in [-0.3, -0.25) is 4.79 Å². The number of carbonyl (C=O) groups excluding carboxylic acids is 1. The number of amides is 1. The smallest absolute Gasteiger partial charge is 0.263 e. The first-order valence-electron chi connectivity index (χ1n) is 4.91. The molecular formula is C10H16N2O2S. The molecule has 0 spiro atoms. The zero-order valence-electron chi connectivity index (χ0n) is 9.20. The number of aliphatic hydroxyl groups excluding tert-OH is 1. The summed E-state index contributed by atoms with van der Waals surface area (Å²) in [5, 5.41) is 12.7. The van der Waals surface area contributed by atoms with Gasteiger partial charge in [-0.2, -0.15) is 0 Å². The average molecular weight is 228 g/mol. The number of aromatic nitrogens is 1. The molecule has 0 bridgehead atoms. The minimum atomic E-state index is -0.380. The lowest BCUT2D eigenvalue weighted by Gasteiger charge is -2.05. The number of nitrogens with one attached hydrogen (secondary N) is 1. The molecule has 0 fully saturated rings. The predicted molar refractivity (Wildman–Crippen MR) is 60.2 cm³/mol. The second-order valence-electron chi connectivity index (χ2n) is 3.54. The highest BCUT2D eigenvalue weighted by atomic mass is 32.1. The lowest BCUT2D eigenvalue weighted by atomic mass is 10.3.